The number of nitrogens with zero attached hydrogens (tertiary/aromatic N) is 1. The maximum Gasteiger partial charge on any atom is 0.264 e. The van der Waals surface area contributed by atoms with Crippen LogP contribution in [0.2, 0.25) is 0 Å². The molecule has 1 heterocycles. The van der Waals surface area contributed by atoms with Gasteiger partial charge in [-0.25, -0.2) is 0 Å². The average molecular weight is 471 g/mol. The molecular formula is C25H30N2O5S. The highest BCUT2D eigenvalue weighted by atomic mass is 32.2. The van der Waals surface area contributed by atoms with Crippen molar-refractivity contribution >= 4 is 35.3 Å². The lowest BCUT2D eigenvalue weighted by Crippen LogP contribution is -2.31. The molecule has 0 radical (unpaired) electrons. The van der Waals surface area contributed by atoms with Gasteiger partial charge in [0.15, 0.2) is 11.5 Å². The summed E-state index contributed by atoms with van der Waals surface area (Å²) in [5.74, 6) is 0.925. The molecule has 1 aliphatic rings. The number of likely N-dealkylation sites (N-methyl/N-ethyl adjacent to an activating group) is 1. The second-order valence-corrected chi connectivity index (χ2v) is 8.88. The molecule has 8 heteroatoms. The van der Waals surface area contributed by atoms with Crippen LogP contribution in [0.5, 0.6) is 11.5 Å². The molecule has 0 atom stereocenters. The molecule has 0 saturated carbocycles. The maximum atomic E-state index is 13.0. The minimum atomic E-state index is -0.167. The van der Waals surface area contributed by atoms with E-state index in [1.807, 2.05) is 38.1 Å². The minimum Gasteiger partial charge on any atom is -0.493 e. The van der Waals surface area contributed by atoms with Crippen molar-refractivity contribution < 1.29 is 23.8 Å². The fourth-order valence-electron chi connectivity index (χ4n) is 3.32. The summed E-state index contributed by atoms with van der Waals surface area (Å²) in [6, 6.07) is 10.9. The van der Waals surface area contributed by atoms with Gasteiger partial charge in [0.1, 0.15) is 0 Å². The second-order valence-electron chi connectivity index (χ2n) is 7.80. The van der Waals surface area contributed by atoms with E-state index >= 15 is 0 Å². The highest BCUT2D eigenvalue weighted by Crippen LogP contribution is 2.42. The number of nitrogens with one attached hydrogen (secondary N) is 1. The van der Waals surface area contributed by atoms with Gasteiger partial charge in [-0.2, -0.15) is 0 Å². The SMILES string of the molecule is COc1ccc(/C=C2\Sc3ccc(C(=O)NCCCOC(C)C)cc3N(C)C2=O)cc1OC. The Morgan fingerprint density at radius 2 is 1.88 bits per heavy atom. The van der Waals surface area contributed by atoms with Crippen LogP contribution in [0.25, 0.3) is 6.08 Å². The first-order chi connectivity index (χ1) is 15.8. The molecule has 1 N–H and O–H groups in total. The van der Waals surface area contributed by atoms with Gasteiger partial charge in [-0.1, -0.05) is 17.8 Å². The lowest BCUT2D eigenvalue weighted by molar-refractivity contribution is -0.114. The van der Waals surface area contributed by atoms with Crippen molar-refractivity contribution in [2.45, 2.75) is 31.3 Å². The second kappa shape index (κ2) is 11.2. The van der Waals surface area contributed by atoms with Crippen LogP contribution < -0.4 is 19.7 Å². The summed E-state index contributed by atoms with van der Waals surface area (Å²) in [7, 11) is 4.87. The van der Waals surface area contributed by atoms with Gasteiger partial charge in [0.05, 0.1) is 30.9 Å². The molecule has 0 unspecified atom stereocenters. The zero-order chi connectivity index (χ0) is 24.0. The van der Waals surface area contributed by atoms with E-state index in [0.717, 1.165) is 16.9 Å². The van der Waals surface area contributed by atoms with E-state index in [-0.39, 0.29) is 17.9 Å². The van der Waals surface area contributed by atoms with Crippen molar-refractivity contribution in [3.05, 3.63) is 52.4 Å². The highest BCUT2D eigenvalue weighted by Gasteiger charge is 2.27. The summed E-state index contributed by atoms with van der Waals surface area (Å²) in [6.07, 6.45) is 2.75. The molecular weight excluding hydrogens is 440 g/mol. The highest BCUT2D eigenvalue weighted by molar-refractivity contribution is 8.04. The van der Waals surface area contributed by atoms with E-state index in [4.69, 9.17) is 14.2 Å². The first kappa shape index (κ1) is 24.7. The van der Waals surface area contributed by atoms with E-state index < -0.39 is 0 Å². The van der Waals surface area contributed by atoms with Gasteiger partial charge in [-0.05, 0) is 62.2 Å². The number of carbonyl (C=O) groups is 2. The van der Waals surface area contributed by atoms with Crippen LogP contribution in [0.4, 0.5) is 5.69 Å². The van der Waals surface area contributed by atoms with Crippen LogP contribution in [0.3, 0.4) is 0 Å². The summed E-state index contributed by atoms with van der Waals surface area (Å²) in [5, 5.41) is 2.90. The van der Waals surface area contributed by atoms with Gasteiger partial charge in [-0.3, -0.25) is 9.59 Å². The Labute approximate surface area is 199 Å². The number of thioether (sulfide) groups is 1. The normalized spacial score (nSPS) is 14.4. The van der Waals surface area contributed by atoms with Gasteiger partial charge in [-0.15, -0.1) is 0 Å². The van der Waals surface area contributed by atoms with Crippen LogP contribution in [-0.4, -0.2) is 52.3 Å². The predicted octanol–water partition coefficient (Wildman–Crippen LogP) is 4.36. The van der Waals surface area contributed by atoms with Gasteiger partial charge >= 0.3 is 0 Å². The van der Waals surface area contributed by atoms with Crippen molar-refractivity contribution in [1.82, 2.24) is 5.32 Å². The molecule has 2 amide bonds. The Morgan fingerprint density at radius 1 is 1.12 bits per heavy atom. The zero-order valence-corrected chi connectivity index (χ0v) is 20.5. The van der Waals surface area contributed by atoms with Gasteiger partial charge in [0, 0.05) is 30.7 Å². The third kappa shape index (κ3) is 6.09. The number of benzene rings is 2. The molecule has 0 bridgehead atoms. The lowest BCUT2D eigenvalue weighted by Gasteiger charge is -2.27. The molecule has 0 fully saturated rings. The number of hydrogen-bond acceptors (Lipinski definition) is 6. The summed E-state index contributed by atoms with van der Waals surface area (Å²) in [5.41, 5.74) is 2.06. The summed E-state index contributed by atoms with van der Waals surface area (Å²) < 4.78 is 16.1. The smallest absolute Gasteiger partial charge is 0.264 e. The largest absolute Gasteiger partial charge is 0.493 e. The third-order valence-corrected chi connectivity index (χ3v) is 6.16. The van der Waals surface area contributed by atoms with Crippen molar-refractivity contribution in [3.8, 4) is 11.5 Å². The Hall–Kier alpha value is -2.97. The number of fused-ring (bicyclic) bond motifs is 1. The van der Waals surface area contributed by atoms with E-state index in [1.54, 1.807) is 44.4 Å². The molecule has 2 aromatic rings. The molecule has 33 heavy (non-hydrogen) atoms. The van der Waals surface area contributed by atoms with Crippen molar-refractivity contribution in [2.24, 2.45) is 0 Å². The topological polar surface area (TPSA) is 77.1 Å². The van der Waals surface area contributed by atoms with E-state index in [2.05, 4.69) is 5.32 Å². The number of carbonyl (C=O) groups excluding carboxylic acids is 2. The fourth-order valence-corrected chi connectivity index (χ4v) is 4.42. The molecule has 0 aliphatic carbocycles. The Morgan fingerprint density at radius 3 is 2.58 bits per heavy atom. The minimum absolute atomic E-state index is 0.134. The van der Waals surface area contributed by atoms with Crippen LogP contribution in [0.1, 0.15) is 36.2 Å². The van der Waals surface area contributed by atoms with Crippen molar-refractivity contribution in [2.75, 3.05) is 39.3 Å². The molecule has 176 valence electrons. The van der Waals surface area contributed by atoms with Gasteiger partial charge in [0.2, 0.25) is 0 Å². The van der Waals surface area contributed by atoms with Crippen LogP contribution in [0.15, 0.2) is 46.2 Å². The van der Waals surface area contributed by atoms with E-state index in [9.17, 15) is 9.59 Å². The summed E-state index contributed by atoms with van der Waals surface area (Å²) >= 11 is 1.38. The fraction of sp³-hybridized carbons (Fsp3) is 0.360. The molecule has 0 aromatic heterocycles. The Bertz CT molecular complexity index is 1050. The average Bonchev–Trinajstić information content (AvgIpc) is 2.81. The van der Waals surface area contributed by atoms with Crippen LogP contribution in [0, 0.1) is 0 Å². The monoisotopic (exact) mass is 470 g/mol. The van der Waals surface area contributed by atoms with E-state index in [0.29, 0.717) is 40.8 Å². The number of amides is 2. The molecule has 0 spiro atoms. The summed E-state index contributed by atoms with van der Waals surface area (Å²) in [4.78, 5) is 28.6. The predicted molar refractivity (Wildman–Crippen MR) is 131 cm³/mol. The van der Waals surface area contributed by atoms with Crippen LogP contribution >= 0.6 is 11.8 Å². The molecule has 2 aromatic carbocycles. The standard InChI is InChI=1S/C25H30N2O5S/c1-16(2)32-12-6-11-26-24(28)18-8-10-22-19(15-18)27(3)25(29)23(33-22)14-17-7-9-20(30-4)21(13-17)31-5/h7-10,13-16H,6,11-12H2,1-5H3,(H,26,28)/b23-14-. The van der Waals surface area contributed by atoms with Gasteiger partial charge in [0.25, 0.3) is 11.8 Å². The lowest BCUT2D eigenvalue weighted by atomic mass is 10.1. The molecule has 0 saturated heterocycles. The van der Waals surface area contributed by atoms with Crippen molar-refractivity contribution in [1.29, 1.82) is 0 Å². The third-order valence-electron chi connectivity index (χ3n) is 5.08. The molecule has 1 aliphatic heterocycles. The Balaban J connectivity index is 1.74. The number of methoxy groups -OCH3 is 2. The van der Waals surface area contributed by atoms with Gasteiger partial charge < -0.3 is 24.4 Å². The first-order valence-corrected chi connectivity index (χ1v) is 11.6. The molecule has 7 nitrogen and oxygen atoms in total. The van der Waals surface area contributed by atoms with Crippen molar-refractivity contribution in [3.63, 3.8) is 0 Å². The first-order valence-electron chi connectivity index (χ1n) is 10.8. The molecule has 3 rings (SSSR count). The number of rotatable bonds is 9. The number of ether oxygens (including phenoxy) is 3. The maximum absolute atomic E-state index is 13.0. The van der Waals surface area contributed by atoms with Crippen LogP contribution in [-0.2, 0) is 9.53 Å². The summed E-state index contributed by atoms with van der Waals surface area (Å²) in [6.45, 7) is 5.10. The quantitative estimate of drug-likeness (QED) is 0.434. The van der Waals surface area contributed by atoms with E-state index in [1.165, 1.54) is 11.8 Å². The Kier molecular flexibility index (Phi) is 8.41. The number of hydrogen-bond donors (Lipinski definition) is 1. The number of anilines is 1. The zero-order valence-electron chi connectivity index (χ0n) is 19.6.